The Hall–Kier alpha value is -1.64. The Balaban J connectivity index is 2.30. The first-order valence-corrected chi connectivity index (χ1v) is 7.90. The number of nitrogen functional groups attached to an aromatic ring is 1. The van der Waals surface area contributed by atoms with Gasteiger partial charge in [-0.1, -0.05) is 0 Å². The molecular weight excluding hydrogens is 296 g/mol. The Bertz CT molecular complexity index is 653. The molecule has 116 valence electrons. The molecule has 0 bridgehead atoms. The lowest BCUT2D eigenvalue weighted by atomic mass is 10.1. The van der Waals surface area contributed by atoms with Gasteiger partial charge in [0.25, 0.3) is 0 Å². The van der Waals surface area contributed by atoms with Crippen molar-refractivity contribution in [3.63, 3.8) is 0 Å². The highest BCUT2D eigenvalue weighted by atomic mass is 32.2. The predicted molar refractivity (Wildman–Crippen MR) is 76.1 cm³/mol. The first-order chi connectivity index (χ1) is 9.83. The SMILES string of the molecule is COC(=O)c1ccc(N)cc1S(=O)(=O)NCC1(CO)CC1. The maximum Gasteiger partial charge on any atom is 0.339 e. The van der Waals surface area contributed by atoms with Crippen molar-refractivity contribution < 1.29 is 23.1 Å². The fourth-order valence-corrected chi connectivity index (χ4v) is 3.32. The van der Waals surface area contributed by atoms with Crippen LogP contribution in [0.5, 0.6) is 0 Å². The third-order valence-corrected chi connectivity index (χ3v) is 5.07. The number of anilines is 1. The van der Waals surface area contributed by atoms with Gasteiger partial charge in [-0.25, -0.2) is 17.9 Å². The maximum absolute atomic E-state index is 12.4. The van der Waals surface area contributed by atoms with E-state index < -0.39 is 16.0 Å². The first-order valence-electron chi connectivity index (χ1n) is 6.42. The van der Waals surface area contributed by atoms with Crippen LogP contribution in [0, 0.1) is 5.41 Å². The van der Waals surface area contributed by atoms with E-state index in [1.165, 1.54) is 25.3 Å². The molecule has 21 heavy (non-hydrogen) atoms. The zero-order chi connectivity index (χ0) is 15.7. The number of rotatable bonds is 6. The number of aliphatic hydroxyl groups excluding tert-OH is 1. The van der Waals surface area contributed by atoms with E-state index in [0.29, 0.717) is 0 Å². The molecular formula is C13H18N2O5S. The van der Waals surface area contributed by atoms with E-state index in [-0.39, 0.29) is 34.7 Å². The van der Waals surface area contributed by atoms with E-state index in [1.807, 2.05) is 0 Å². The van der Waals surface area contributed by atoms with Crippen molar-refractivity contribution in [1.82, 2.24) is 4.72 Å². The molecule has 8 heteroatoms. The van der Waals surface area contributed by atoms with Gasteiger partial charge in [0.05, 0.1) is 17.6 Å². The average Bonchev–Trinajstić information content (AvgIpc) is 3.25. The highest BCUT2D eigenvalue weighted by Gasteiger charge is 2.42. The highest BCUT2D eigenvalue weighted by molar-refractivity contribution is 7.89. The number of ether oxygens (including phenoxy) is 1. The molecule has 0 unspecified atom stereocenters. The third-order valence-electron chi connectivity index (χ3n) is 3.63. The standard InChI is InChI=1S/C13H18N2O5S/c1-20-12(17)10-3-2-9(14)6-11(10)21(18,19)15-7-13(8-16)4-5-13/h2-3,6,15-16H,4-5,7-8,14H2,1H3. The van der Waals surface area contributed by atoms with Crippen molar-refractivity contribution in [2.45, 2.75) is 17.7 Å². The van der Waals surface area contributed by atoms with Crippen molar-refractivity contribution in [2.24, 2.45) is 5.41 Å². The Morgan fingerprint density at radius 2 is 2.14 bits per heavy atom. The van der Waals surface area contributed by atoms with Crippen molar-refractivity contribution in [1.29, 1.82) is 0 Å². The number of carbonyl (C=O) groups is 1. The van der Waals surface area contributed by atoms with Gasteiger partial charge in [-0.3, -0.25) is 0 Å². The molecule has 1 aromatic rings. The zero-order valence-electron chi connectivity index (χ0n) is 11.6. The van der Waals surface area contributed by atoms with Crippen LogP contribution in [-0.4, -0.2) is 39.8 Å². The molecule has 0 heterocycles. The summed E-state index contributed by atoms with van der Waals surface area (Å²) in [5.41, 5.74) is 5.38. The summed E-state index contributed by atoms with van der Waals surface area (Å²) in [5, 5.41) is 9.22. The van der Waals surface area contributed by atoms with Crippen molar-refractivity contribution in [3.8, 4) is 0 Å². The molecule has 0 spiro atoms. The normalized spacial score (nSPS) is 16.5. The molecule has 0 atom stereocenters. The van der Waals surface area contributed by atoms with Crippen LogP contribution in [0.1, 0.15) is 23.2 Å². The maximum atomic E-state index is 12.4. The second-order valence-corrected chi connectivity index (χ2v) is 6.97. The van der Waals surface area contributed by atoms with Crippen LogP contribution in [-0.2, 0) is 14.8 Å². The van der Waals surface area contributed by atoms with E-state index in [4.69, 9.17) is 5.73 Å². The molecule has 1 aromatic carbocycles. The predicted octanol–water partition coefficient (Wildman–Crippen LogP) is 0.106. The van der Waals surface area contributed by atoms with E-state index in [9.17, 15) is 18.3 Å². The molecule has 0 radical (unpaired) electrons. The number of hydrogen-bond donors (Lipinski definition) is 3. The van der Waals surface area contributed by atoms with Gasteiger partial charge < -0.3 is 15.6 Å². The number of carbonyl (C=O) groups excluding carboxylic acids is 1. The fraction of sp³-hybridized carbons (Fsp3) is 0.462. The molecule has 1 fully saturated rings. The summed E-state index contributed by atoms with van der Waals surface area (Å²) in [6.45, 7) is 0.0531. The van der Waals surface area contributed by atoms with Crippen LogP contribution in [0.2, 0.25) is 0 Å². The molecule has 2 rings (SSSR count). The third kappa shape index (κ3) is 3.34. The summed E-state index contributed by atoms with van der Waals surface area (Å²) < 4.78 is 31.7. The van der Waals surface area contributed by atoms with Gasteiger partial charge in [0.1, 0.15) is 0 Å². The van der Waals surface area contributed by atoms with Crippen molar-refractivity contribution >= 4 is 21.7 Å². The molecule has 0 aliphatic heterocycles. The van der Waals surface area contributed by atoms with Crippen LogP contribution in [0.3, 0.4) is 0 Å². The molecule has 0 amide bonds. The van der Waals surface area contributed by atoms with Crippen LogP contribution >= 0.6 is 0 Å². The lowest BCUT2D eigenvalue weighted by Gasteiger charge is -2.15. The highest BCUT2D eigenvalue weighted by Crippen LogP contribution is 2.44. The van der Waals surface area contributed by atoms with Crippen LogP contribution in [0.25, 0.3) is 0 Å². The number of aliphatic hydroxyl groups is 1. The molecule has 7 nitrogen and oxygen atoms in total. The molecule has 0 saturated heterocycles. The van der Waals surface area contributed by atoms with Gasteiger partial charge in [0.2, 0.25) is 10.0 Å². The van der Waals surface area contributed by atoms with Crippen LogP contribution < -0.4 is 10.5 Å². The quantitative estimate of drug-likeness (QED) is 0.506. The summed E-state index contributed by atoms with van der Waals surface area (Å²) in [6.07, 6.45) is 1.54. The number of nitrogens with one attached hydrogen (secondary N) is 1. The Labute approximate surface area is 123 Å². The minimum Gasteiger partial charge on any atom is -0.465 e. The first kappa shape index (κ1) is 15.7. The number of nitrogens with two attached hydrogens (primary N) is 1. The number of sulfonamides is 1. The van der Waals surface area contributed by atoms with Crippen molar-refractivity contribution in [2.75, 3.05) is 26.0 Å². The molecule has 1 aliphatic carbocycles. The van der Waals surface area contributed by atoms with Gasteiger partial charge in [-0.2, -0.15) is 0 Å². The number of hydrogen-bond acceptors (Lipinski definition) is 6. The second-order valence-electron chi connectivity index (χ2n) is 5.23. The van der Waals surface area contributed by atoms with E-state index in [0.717, 1.165) is 12.8 Å². The number of esters is 1. The average molecular weight is 314 g/mol. The van der Waals surface area contributed by atoms with Crippen molar-refractivity contribution in [3.05, 3.63) is 23.8 Å². The van der Waals surface area contributed by atoms with E-state index in [2.05, 4.69) is 9.46 Å². The fourth-order valence-electron chi connectivity index (χ4n) is 1.93. The molecule has 1 saturated carbocycles. The van der Waals surface area contributed by atoms with Gasteiger partial charge in [-0.05, 0) is 31.0 Å². The minimum absolute atomic E-state index is 0.0731. The molecule has 1 aliphatic rings. The monoisotopic (exact) mass is 314 g/mol. The van der Waals surface area contributed by atoms with Crippen LogP contribution in [0.4, 0.5) is 5.69 Å². The Morgan fingerprint density at radius 3 is 2.67 bits per heavy atom. The second kappa shape index (κ2) is 5.63. The molecule has 0 aromatic heterocycles. The summed E-state index contributed by atoms with van der Waals surface area (Å²) in [5.74, 6) is -0.751. The Kier molecular flexibility index (Phi) is 4.22. The summed E-state index contributed by atoms with van der Waals surface area (Å²) >= 11 is 0. The zero-order valence-corrected chi connectivity index (χ0v) is 12.4. The summed E-state index contributed by atoms with van der Waals surface area (Å²) in [7, 11) is -2.74. The van der Waals surface area contributed by atoms with Crippen LogP contribution in [0.15, 0.2) is 23.1 Å². The lowest BCUT2D eigenvalue weighted by Crippen LogP contribution is -2.33. The van der Waals surface area contributed by atoms with Gasteiger partial charge >= 0.3 is 5.97 Å². The Morgan fingerprint density at radius 1 is 1.48 bits per heavy atom. The minimum atomic E-state index is -3.91. The van der Waals surface area contributed by atoms with Gasteiger partial charge in [0.15, 0.2) is 0 Å². The number of methoxy groups -OCH3 is 1. The molecule has 4 N–H and O–H groups in total. The summed E-state index contributed by atoms with van der Waals surface area (Å²) in [4.78, 5) is 11.4. The van der Waals surface area contributed by atoms with E-state index >= 15 is 0 Å². The summed E-state index contributed by atoms with van der Waals surface area (Å²) in [6, 6.07) is 3.96. The number of benzene rings is 1. The smallest absolute Gasteiger partial charge is 0.339 e. The van der Waals surface area contributed by atoms with Gasteiger partial charge in [-0.15, -0.1) is 0 Å². The van der Waals surface area contributed by atoms with E-state index in [1.54, 1.807) is 0 Å². The largest absolute Gasteiger partial charge is 0.465 e. The lowest BCUT2D eigenvalue weighted by molar-refractivity contribution is 0.0596. The topological polar surface area (TPSA) is 119 Å². The van der Waals surface area contributed by atoms with Gasteiger partial charge in [0, 0.05) is 24.3 Å².